The number of hydrogen-bond acceptors (Lipinski definition) is 3. The van der Waals surface area contributed by atoms with Crippen molar-refractivity contribution < 1.29 is 14.7 Å². The van der Waals surface area contributed by atoms with Crippen LogP contribution in [-0.4, -0.2) is 28.8 Å². The molecule has 1 unspecified atom stereocenters. The van der Waals surface area contributed by atoms with Crippen LogP contribution in [-0.2, 0) is 9.59 Å². The summed E-state index contributed by atoms with van der Waals surface area (Å²) in [6, 6.07) is 7.36. The highest BCUT2D eigenvalue weighted by molar-refractivity contribution is 7.99. The van der Waals surface area contributed by atoms with E-state index < -0.39 is 5.97 Å². The summed E-state index contributed by atoms with van der Waals surface area (Å²) in [6.45, 7) is 1.81. The zero-order valence-corrected chi connectivity index (χ0v) is 12.8. The lowest BCUT2D eigenvalue weighted by Gasteiger charge is -2.12. The molecule has 110 valence electrons. The second-order valence-corrected chi connectivity index (χ2v) is 6.06. The molecule has 0 saturated heterocycles. The summed E-state index contributed by atoms with van der Waals surface area (Å²) in [5.41, 5.74) is 0. The first-order valence-electron chi connectivity index (χ1n) is 6.37. The van der Waals surface area contributed by atoms with E-state index in [1.165, 1.54) is 0 Å². The highest BCUT2D eigenvalue weighted by atomic mass is 35.5. The predicted octanol–water partition coefficient (Wildman–Crippen LogP) is 3.19. The Labute approximate surface area is 127 Å². The van der Waals surface area contributed by atoms with E-state index in [9.17, 15) is 9.59 Å². The molecule has 0 aliphatic rings. The lowest BCUT2D eigenvalue weighted by Crippen LogP contribution is -2.33. The van der Waals surface area contributed by atoms with Crippen molar-refractivity contribution in [3.63, 3.8) is 0 Å². The van der Waals surface area contributed by atoms with Gasteiger partial charge in [0.2, 0.25) is 5.91 Å². The molecule has 0 fully saturated rings. The first kappa shape index (κ1) is 16.9. The summed E-state index contributed by atoms with van der Waals surface area (Å²) in [5.74, 6) is -0.215. The van der Waals surface area contributed by atoms with Crippen LogP contribution in [0.1, 0.15) is 26.2 Å². The van der Waals surface area contributed by atoms with Crippen LogP contribution in [0.3, 0.4) is 0 Å². The maximum atomic E-state index is 11.6. The summed E-state index contributed by atoms with van der Waals surface area (Å²) in [7, 11) is 0. The van der Waals surface area contributed by atoms with Crippen molar-refractivity contribution in [3.05, 3.63) is 29.3 Å². The number of halogens is 1. The number of nitrogens with one attached hydrogen (secondary N) is 1. The van der Waals surface area contributed by atoms with Crippen LogP contribution in [0.15, 0.2) is 29.2 Å². The highest BCUT2D eigenvalue weighted by Gasteiger charge is 2.09. The smallest absolute Gasteiger partial charge is 0.303 e. The molecule has 1 atom stereocenters. The van der Waals surface area contributed by atoms with Gasteiger partial charge in [-0.2, -0.15) is 0 Å². The number of thioether (sulfide) groups is 1. The van der Waals surface area contributed by atoms with Gasteiger partial charge < -0.3 is 10.4 Å². The second-order valence-electron chi connectivity index (χ2n) is 4.45. The van der Waals surface area contributed by atoms with Crippen molar-refractivity contribution in [2.24, 2.45) is 0 Å². The van der Waals surface area contributed by atoms with Gasteiger partial charge in [0.25, 0.3) is 0 Å². The third kappa shape index (κ3) is 7.40. The summed E-state index contributed by atoms with van der Waals surface area (Å²) in [4.78, 5) is 23.1. The Bertz CT molecular complexity index is 450. The molecule has 0 aliphatic heterocycles. The molecule has 0 spiro atoms. The summed E-state index contributed by atoms with van der Waals surface area (Å²) < 4.78 is 0. The van der Waals surface area contributed by atoms with Crippen molar-refractivity contribution in [3.8, 4) is 0 Å². The van der Waals surface area contributed by atoms with E-state index in [0.29, 0.717) is 23.6 Å². The zero-order chi connectivity index (χ0) is 15.0. The second kappa shape index (κ2) is 8.87. The largest absolute Gasteiger partial charge is 0.481 e. The van der Waals surface area contributed by atoms with E-state index in [0.717, 1.165) is 4.90 Å². The number of amides is 1. The zero-order valence-electron chi connectivity index (χ0n) is 11.3. The lowest BCUT2D eigenvalue weighted by molar-refractivity contribution is -0.137. The van der Waals surface area contributed by atoms with Crippen molar-refractivity contribution in [2.45, 2.75) is 37.1 Å². The number of aliphatic carboxylic acids is 1. The Morgan fingerprint density at radius 3 is 2.55 bits per heavy atom. The molecule has 1 aromatic carbocycles. The Kier molecular flexibility index (Phi) is 7.47. The summed E-state index contributed by atoms with van der Waals surface area (Å²) >= 11 is 7.38. The van der Waals surface area contributed by atoms with Gasteiger partial charge in [0.05, 0.1) is 0 Å². The molecule has 0 heterocycles. The van der Waals surface area contributed by atoms with E-state index in [1.807, 2.05) is 31.2 Å². The molecule has 1 aromatic rings. The van der Waals surface area contributed by atoms with E-state index in [1.54, 1.807) is 11.8 Å². The van der Waals surface area contributed by atoms with Gasteiger partial charge in [-0.1, -0.05) is 11.6 Å². The number of rotatable bonds is 8. The van der Waals surface area contributed by atoms with Crippen molar-refractivity contribution in [1.82, 2.24) is 5.32 Å². The average Bonchev–Trinajstić information content (AvgIpc) is 2.38. The molecule has 1 rings (SSSR count). The number of carbonyl (C=O) groups is 2. The first-order chi connectivity index (χ1) is 9.47. The molecule has 0 bridgehead atoms. The third-order valence-corrected chi connectivity index (χ3v) is 3.88. The fourth-order valence-electron chi connectivity index (χ4n) is 1.55. The monoisotopic (exact) mass is 315 g/mol. The topological polar surface area (TPSA) is 66.4 Å². The molecular formula is C14H18ClNO3S. The maximum Gasteiger partial charge on any atom is 0.303 e. The molecule has 2 N–H and O–H groups in total. The number of hydrogen-bond donors (Lipinski definition) is 2. The minimum absolute atomic E-state index is 0.0515. The third-order valence-electron chi connectivity index (χ3n) is 2.61. The molecule has 1 amide bonds. The standard InChI is InChI=1S/C14H18ClNO3S/c1-10(2-7-14(18)19)16-13(17)8-9-20-12-5-3-11(15)4-6-12/h3-6,10H,2,7-9H2,1H3,(H,16,17)(H,18,19). The van der Waals surface area contributed by atoms with Gasteiger partial charge in [0.15, 0.2) is 0 Å². The number of carboxylic acids is 1. The quantitative estimate of drug-likeness (QED) is 0.723. The molecule has 0 saturated carbocycles. The van der Waals surface area contributed by atoms with Gasteiger partial charge in [0.1, 0.15) is 0 Å². The van der Waals surface area contributed by atoms with Crippen LogP contribution in [0, 0.1) is 0 Å². The normalized spacial score (nSPS) is 11.9. The SMILES string of the molecule is CC(CCC(=O)O)NC(=O)CCSc1ccc(Cl)cc1. The molecule has 6 heteroatoms. The van der Waals surface area contributed by atoms with Gasteiger partial charge in [-0.15, -0.1) is 11.8 Å². The molecule has 20 heavy (non-hydrogen) atoms. The van der Waals surface area contributed by atoms with Crippen LogP contribution in [0.25, 0.3) is 0 Å². The minimum Gasteiger partial charge on any atom is -0.481 e. The molecular weight excluding hydrogens is 298 g/mol. The predicted molar refractivity (Wildman–Crippen MR) is 81.3 cm³/mol. The maximum absolute atomic E-state index is 11.6. The molecule has 0 aromatic heterocycles. The van der Waals surface area contributed by atoms with Crippen molar-refractivity contribution >= 4 is 35.2 Å². The summed E-state index contributed by atoms with van der Waals surface area (Å²) in [5, 5.41) is 12.0. The van der Waals surface area contributed by atoms with Crippen LogP contribution >= 0.6 is 23.4 Å². The van der Waals surface area contributed by atoms with Gasteiger partial charge in [-0.25, -0.2) is 0 Å². The van der Waals surface area contributed by atoms with E-state index in [4.69, 9.17) is 16.7 Å². The highest BCUT2D eigenvalue weighted by Crippen LogP contribution is 2.20. The van der Waals surface area contributed by atoms with Crippen molar-refractivity contribution in [1.29, 1.82) is 0 Å². The summed E-state index contributed by atoms with van der Waals surface area (Å²) in [6.07, 6.45) is 0.928. The van der Waals surface area contributed by atoms with Gasteiger partial charge in [-0.3, -0.25) is 9.59 Å². The van der Waals surface area contributed by atoms with Crippen molar-refractivity contribution in [2.75, 3.05) is 5.75 Å². The van der Waals surface area contributed by atoms with Crippen LogP contribution in [0.4, 0.5) is 0 Å². The minimum atomic E-state index is -0.843. The molecule has 4 nitrogen and oxygen atoms in total. The van der Waals surface area contributed by atoms with Crippen LogP contribution < -0.4 is 5.32 Å². The molecule has 0 aliphatic carbocycles. The lowest BCUT2D eigenvalue weighted by atomic mass is 10.2. The van der Waals surface area contributed by atoms with Gasteiger partial charge in [-0.05, 0) is 37.6 Å². The van der Waals surface area contributed by atoms with Crippen LogP contribution in [0.2, 0.25) is 5.02 Å². The average molecular weight is 316 g/mol. The Balaban J connectivity index is 2.19. The Morgan fingerprint density at radius 2 is 1.95 bits per heavy atom. The fraction of sp³-hybridized carbons (Fsp3) is 0.429. The number of benzene rings is 1. The van der Waals surface area contributed by atoms with Crippen LogP contribution in [0.5, 0.6) is 0 Å². The van der Waals surface area contributed by atoms with E-state index in [-0.39, 0.29) is 18.4 Å². The van der Waals surface area contributed by atoms with E-state index in [2.05, 4.69) is 5.32 Å². The van der Waals surface area contributed by atoms with Gasteiger partial charge in [0, 0.05) is 34.6 Å². The first-order valence-corrected chi connectivity index (χ1v) is 7.73. The Morgan fingerprint density at radius 1 is 1.30 bits per heavy atom. The fourth-order valence-corrected chi connectivity index (χ4v) is 2.53. The number of carbonyl (C=O) groups excluding carboxylic acids is 1. The van der Waals surface area contributed by atoms with E-state index >= 15 is 0 Å². The number of carboxylic acid groups (broad SMARTS) is 1. The van der Waals surface area contributed by atoms with Gasteiger partial charge >= 0.3 is 5.97 Å². The Hall–Kier alpha value is -1.20. The molecule has 0 radical (unpaired) electrons.